The van der Waals surface area contributed by atoms with Gasteiger partial charge in [0.25, 0.3) is 0 Å². The molecule has 0 amide bonds. The molecule has 2 saturated carbocycles. The minimum atomic E-state index is 0.252. The van der Waals surface area contributed by atoms with Crippen LogP contribution in [-0.2, 0) is 0 Å². The second-order valence-electron chi connectivity index (χ2n) is 6.01. The number of hydrogen-bond acceptors (Lipinski definition) is 2. The molecule has 0 heterocycles. The number of nitrogens with zero attached hydrogens (tertiary/aromatic N) is 1. The Hall–Kier alpha value is -0.670. The zero-order valence-corrected chi connectivity index (χ0v) is 12.7. The average molecular weight is 322 g/mol. The van der Waals surface area contributed by atoms with E-state index in [1.54, 1.807) is 0 Å². The second kappa shape index (κ2) is 5.76. The molecule has 3 heteroatoms. The third-order valence-corrected chi connectivity index (χ3v) is 4.43. The number of carbonyl (C=O) groups excluding carboxylic acids is 1. The molecule has 0 aromatic heterocycles. The molecule has 1 aromatic rings. The molecule has 0 saturated heterocycles. The van der Waals surface area contributed by atoms with Gasteiger partial charge in [-0.05, 0) is 49.7 Å². The van der Waals surface area contributed by atoms with E-state index in [4.69, 9.17) is 0 Å². The van der Waals surface area contributed by atoms with Crippen LogP contribution in [0, 0.1) is 11.8 Å². The van der Waals surface area contributed by atoms with E-state index < -0.39 is 0 Å². The normalized spacial score (nSPS) is 18.8. The predicted octanol–water partition coefficient (Wildman–Crippen LogP) is 3.75. The zero-order chi connectivity index (χ0) is 13.2. The lowest BCUT2D eigenvalue weighted by molar-refractivity contribution is 0.0923. The molecule has 3 rings (SSSR count). The molecule has 2 aliphatic carbocycles. The minimum absolute atomic E-state index is 0.252. The van der Waals surface area contributed by atoms with Crippen LogP contribution in [0.1, 0.15) is 36.0 Å². The number of Topliss-reactive ketones (excluding diaryl/α,β-unsaturated/α-hetero) is 1. The van der Waals surface area contributed by atoms with Crippen molar-refractivity contribution < 1.29 is 4.79 Å². The van der Waals surface area contributed by atoms with E-state index in [0.717, 1.165) is 35.0 Å². The first-order chi connectivity index (χ1) is 9.20. The molecular weight excluding hydrogens is 302 g/mol. The Morgan fingerprint density at radius 1 is 1.16 bits per heavy atom. The van der Waals surface area contributed by atoms with Crippen LogP contribution in [0.3, 0.4) is 0 Å². The van der Waals surface area contributed by atoms with E-state index in [0.29, 0.717) is 6.54 Å². The quantitative estimate of drug-likeness (QED) is 0.713. The number of halogens is 1. The van der Waals surface area contributed by atoms with Crippen molar-refractivity contribution in [1.29, 1.82) is 0 Å². The van der Waals surface area contributed by atoms with Gasteiger partial charge in [-0.25, -0.2) is 0 Å². The Labute approximate surface area is 123 Å². The van der Waals surface area contributed by atoms with Crippen LogP contribution in [0.15, 0.2) is 28.7 Å². The Bertz CT molecular complexity index is 452. The van der Waals surface area contributed by atoms with Crippen molar-refractivity contribution in [3.63, 3.8) is 0 Å². The Morgan fingerprint density at radius 2 is 1.79 bits per heavy atom. The molecule has 0 radical (unpaired) electrons. The summed E-state index contributed by atoms with van der Waals surface area (Å²) in [5.74, 6) is 1.96. The van der Waals surface area contributed by atoms with E-state index in [-0.39, 0.29) is 5.78 Å². The van der Waals surface area contributed by atoms with Crippen LogP contribution < -0.4 is 0 Å². The molecule has 0 spiro atoms. The summed E-state index contributed by atoms with van der Waals surface area (Å²) in [6.07, 6.45) is 5.41. The summed E-state index contributed by atoms with van der Waals surface area (Å²) in [6, 6.07) is 7.74. The fraction of sp³-hybridized carbons (Fsp3) is 0.562. The molecular formula is C16H20BrNO. The molecule has 2 aliphatic rings. The number of rotatable bonds is 7. The summed E-state index contributed by atoms with van der Waals surface area (Å²) in [5, 5.41) is 0. The number of hydrogen-bond donors (Lipinski definition) is 0. The fourth-order valence-electron chi connectivity index (χ4n) is 2.49. The van der Waals surface area contributed by atoms with Crippen molar-refractivity contribution in [2.45, 2.75) is 25.7 Å². The summed E-state index contributed by atoms with van der Waals surface area (Å²) >= 11 is 3.43. The lowest BCUT2D eigenvalue weighted by Gasteiger charge is -2.21. The smallest absolute Gasteiger partial charge is 0.176 e. The van der Waals surface area contributed by atoms with Gasteiger partial charge in [0, 0.05) is 23.1 Å². The SMILES string of the molecule is O=C(CN(CC1CC1)CC1CC1)c1cccc(Br)c1. The van der Waals surface area contributed by atoms with Gasteiger partial charge in [0.15, 0.2) is 5.78 Å². The maximum atomic E-state index is 12.3. The van der Waals surface area contributed by atoms with Crippen LogP contribution >= 0.6 is 15.9 Å². The van der Waals surface area contributed by atoms with Crippen molar-refractivity contribution >= 4 is 21.7 Å². The Morgan fingerprint density at radius 3 is 2.32 bits per heavy atom. The van der Waals surface area contributed by atoms with Crippen molar-refractivity contribution in [2.24, 2.45) is 11.8 Å². The Kier molecular flexibility index (Phi) is 4.04. The van der Waals surface area contributed by atoms with E-state index in [1.807, 2.05) is 24.3 Å². The molecule has 0 atom stereocenters. The topological polar surface area (TPSA) is 20.3 Å². The Balaban J connectivity index is 1.60. The lowest BCUT2D eigenvalue weighted by atomic mass is 10.1. The first kappa shape index (κ1) is 13.3. The highest BCUT2D eigenvalue weighted by Crippen LogP contribution is 2.33. The summed E-state index contributed by atoms with van der Waals surface area (Å²) < 4.78 is 0.981. The van der Waals surface area contributed by atoms with Gasteiger partial charge in [0.05, 0.1) is 6.54 Å². The van der Waals surface area contributed by atoms with Gasteiger partial charge in [0.1, 0.15) is 0 Å². The van der Waals surface area contributed by atoms with Crippen molar-refractivity contribution in [3.05, 3.63) is 34.3 Å². The van der Waals surface area contributed by atoms with Gasteiger partial charge in [-0.15, -0.1) is 0 Å². The van der Waals surface area contributed by atoms with Crippen molar-refractivity contribution in [2.75, 3.05) is 19.6 Å². The third-order valence-electron chi connectivity index (χ3n) is 3.94. The number of benzene rings is 1. The van der Waals surface area contributed by atoms with Gasteiger partial charge < -0.3 is 0 Å². The molecule has 19 heavy (non-hydrogen) atoms. The highest BCUT2D eigenvalue weighted by atomic mass is 79.9. The van der Waals surface area contributed by atoms with Crippen LogP contribution in [0.2, 0.25) is 0 Å². The largest absolute Gasteiger partial charge is 0.295 e. The first-order valence-corrected chi connectivity index (χ1v) is 8.01. The molecule has 2 nitrogen and oxygen atoms in total. The molecule has 1 aromatic carbocycles. The van der Waals surface area contributed by atoms with Gasteiger partial charge in [0.2, 0.25) is 0 Å². The van der Waals surface area contributed by atoms with E-state index >= 15 is 0 Å². The molecule has 102 valence electrons. The summed E-state index contributed by atoms with van der Waals surface area (Å²) in [7, 11) is 0. The van der Waals surface area contributed by atoms with Gasteiger partial charge in [-0.3, -0.25) is 9.69 Å². The van der Waals surface area contributed by atoms with E-state index in [9.17, 15) is 4.79 Å². The van der Waals surface area contributed by atoms with Gasteiger partial charge in [-0.2, -0.15) is 0 Å². The lowest BCUT2D eigenvalue weighted by Crippen LogP contribution is -2.33. The second-order valence-corrected chi connectivity index (χ2v) is 6.93. The fourth-order valence-corrected chi connectivity index (χ4v) is 2.89. The highest BCUT2D eigenvalue weighted by molar-refractivity contribution is 9.10. The third kappa shape index (κ3) is 4.15. The molecule has 0 bridgehead atoms. The number of carbonyl (C=O) groups is 1. The summed E-state index contributed by atoms with van der Waals surface area (Å²) in [6.45, 7) is 2.83. The van der Waals surface area contributed by atoms with Crippen molar-refractivity contribution in [1.82, 2.24) is 4.90 Å². The minimum Gasteiger partial charge on any atom is -0.295 e. The molecule has 0 unspecified atom stereocenters. The monoisotopic (exact) mass is 321 g/mol. The summed E-state index contributed by atoms with van der Waals surface area (Å²) in [4.78, 5) is 14.7. The number of ketones is 1. The maximum absolute atomic E-state index is 12.3. The molecule has 0 aliphatic heterocycles. The highest BCUT2D eigenvalue weighted by Gasteiger charge is 2.30. The maximum Gasteiger partial charge on any atom is 0.176 e. The van der Waals surface area contributed by atoms with Crippen LogP contribution in [0.5, 0.6) is 0 Å². The van der Waals surface area contributed by atoms with Gasteiger partial charge >= 0.3 is 0 Å². The van der Waals surface area contributed by atoms with Crippen molar-refractivity contribution in [3.8, 4) is 0 Å². The zero-order valence-electron chi connectivity index (χ0n) is 11.1. The van der Waals surface area contributed by atoms with Gasteiger partial charge in [-0.1, -0.05) is 28.1 Å². The molecule has 2 fully saturated rings. The molecule has 0 N–H and O–H groups in total. The average Bonchev–Trinajstić information content (AvgIpc) is 3.25. The van der Waals surface area contributed by atoms with Crippen LogP contribution in [0.4, 0.5) is 0 Å². The predicted molar refractivity (Wildman–Crippen MR) is 80.4 cm³/mol. The van der Waals surface area contributed by atoms with Crippen LogP contribution in [0.25, 0.3) is 0 Å². The van der Waals surface area contributed by atoms with E-state index in [2.05, 4.69) is 20.8 Å². The summed E-state index contributed by atoms with van der Waals surface area (Å²) in [5.41, 5.74) is 0.825. The first-order valence-electron chi connectivity index (χ1n) is 7.22. The standard InChI is InChI=1S/C16H20BrNO/c17-15-3-1-2-14(8-15)16(19)11-18(9-12-4-5-12)10-13-6-7-13/h1-3,8,12-13H,4-7,9-11H2. The van der Waals surface area contributed by atoms with Crippen LogP contribution in [-0.4, -0.2) is 30.3 Å². The van der Waals surface area contributed by atoms with E-state index in [1.165, 1.54) is 25.7 Å².